The number of hydrogen-bond acceptors (Lipinski definition) is 6. The molecule has 2 aromatic carbocycles. The summed E-state index contributed by atoms with van der Waals surface area (Å²) in [5.41, 5.74) is 1.05. The summed E-state index contributed by atoms with van der Waals surface area (Å²) in [6.45, 7) is 7.32. The largest absolute Gasteiger partial charge is 0.458 e. The average Bonchev–Trinajstić information content (AvgIpc) is 2.82. The van der Waals surface area contributed by atoms with Gasteiger partial charge in [0.15, 0.2) is 12.4 Å². The van der Waals surface area contributed by atoms with Gasteiger partial charge in [-0.2, -0.15) is 0 Å². The highest BCUT2D eigenvalue weighted by molar-refractivity contribution is 6.04. The molecule has 1 N–H and O–H groups in total. The summed E-state index contributed by atoms with van der Waals surface area (Å²) in [6.07, 6.45) is 2.71. The Kier molecular flexibility index (Phi) is 8.79. The zero-order valence-electron chi connectivity index (χ0n) is 20.7. The molecule has 3 rings (SSSR count). The Morgan fingerprint density at radius 2 is 1.66 bits per heavy atom. The number of amides is 1. The molecule has 35 heavy (non-hydrogen) atoms. The zero-order valence-corrected chi connectivity index (χ0v) is 20.7. The summed E-state index contributed by atoms with van der Waals surface area (Å²) < 4.78 is 11.1. The number of carbonyl (C=O) groups excluding carboxylic acids is 4. The van der Waals surface area contributed by atoms with Crippen molar-refractivity contribution in [1.29, 1.82) is 0 Å². The Hall–Kier alpha value is -3.48. The van der Waals surface area contributed by atoms with Gasteiger partial charge in [-0.1, -0.05) is 51.5 Å². The second kappa shape index (κ2) is 11.8. The fourth-order valence-electron chi connectivity index (χ4n) is 4.51. The summed E-state index contributed by atoms with van der Waals surface area (Å²) in [5.74, 6) is -0.906. The topological polar surface area (TPSA) is 98.8 Å². The van der Waals surface area contributed by atoms with Crippen LogP contribution >= 0.6 is 0 Å². The molecule has 0 aromatic heterocycles. The first-order chi connectivity index (χ1) is 16.7. The number of ether oxygens (including phenoxy) is 2. The van der Waals surface area contributed by atoms with Crippen molar-refractivity contribution in [3.8, 4) is 0 Å². The van der Waals surface area contributed by atoms with E-state index in [1.807, 2.05) is 0 Å². The van der Waals surface area contributed by atoms with Crippen LogP contribution in [0.25, 0.3) is 0 Å². The molecule has 1 aliphatic rings. The third-order valence-electron chi connectivity index (χ3n) is 6.47. The maximum Gasteiger partial charge on any atom is 0.339 e. The highest BCUT2D eigenvalue weighted by atomic mass is 16.5. The van der Waals surface area contributed by atoms with Gasteiger partial charge in [0.25, 0.3) is 5.91 Å². The van der Waals surface area contributed by atoms with Crippen LogP contribution in [0.3, 0.4) is 0 Å². The quantitative estimate of drug-likeness (QED) is 0.407. The molecule has 2 aromatic rings. The van der Waals surface area contributed by atoms with Gasteiger partial charge in [0.1, 0.15) is 6.10 Å². The summed E-state index contributed by atoms with van der Waals surface area (Å²) >= 11 is 0. The van der Waals surface area contributed by atoms with Gasteiger partial charge in [0.05, 0.1) is 11.1 Å². The van der Waals surface area contributed by atoms with E-state index in [0.29, 0.717) is 23.1 Å². The average molecular weight is 480 g/mol. The molecule has 1 fully saturated rings. The maximum atomic E-state index is 13.0. The molecule has 0 aliphatic heterocycles. The first-order valence-electron chi connectivity index (χ1n) is 12.0. The van der Waals surface area contributed by atoms with Crippen molar-refractivity contribution in [2.75, 3.05) is 11.9 Å². The molecule has 0 saturated heterocycles. The predicted molar refractivity (Wildman–Crippen MR) is 132 cm³/mol. The Morgan fingerprint density at radius 3 is 2.31 bits per heavy atom. The molecule has 7 nitrogen and oxygen atoms in total. The smallest absolute Gasteiger partial charge is 0.339 e. The van der Waals surface area contributed by atoms with Gasteiger partial charge < -0.3 is 14.8 Å². The third-order valence-corrected chi connectivity index (χ3v) is 6.47. The van der Waals surface area contributed by atoms with E-state index in [2.05, 4.69) is 26.1 Å². The molecular weight excluding hydrogens is 446 g/mol. The number of esters is 2. The second-order valence-corrected chi connectivity index (χ2v) is 9.58. The van der Waals surface area contributed by atoms with E-state index >= 15 is 0 Å². The molecule has 1 saturated carbocycles. The maximum absolute atomic E-state index is 13.0. The van der Waals surface area contributed by atoms with Crippen molar-refractivity contribution in [2.45, 2.75) is 53.1 Å². The molecule has 0 radical (unpaired) electrons. The lowest BCUT2D eigenvalue weighted by Gasteiger charge is -2.36. The van der Waals surface area contributed by atoms with Crippen molar-refractivity contribution >= 4 is 29.3 Å². The Labute approximate surface area is 206 Å². The Balaban J connectivity index is 1.64. The highest BCUT2D eigenvalue weighted by Crippen LogP contribution is 2.35. The van der Waals surface area contributed by atoms with E-state index < -0.39 is 24.5 Å². The van der Waals surface area contributed by atoms with Crippen LogP contribution in [-0.4, -0.2) is 36.3 Å². The van der Waals surface area contributed by atoms with Crippen LogP contribution in [0.2, 0.25) is 0 Å². The van der Waals surface area contributed by atoms with Crippen molar-refractivity contribution < 1.29 is 28.7 Å². The van der Waals surface area contributed by atoms with Gasteiger partial charge in [-0.15, -0.1) is 0 Å². The second-order valence-electron chi connectivity index (χ2n) is 9.58. The van der Waals surface area contributed by atoms with Crippen molar-refractivity contribution in [2.24, 2.45) is 17.8 Å². The SMILES string of the molecule is CC(=O)c1cccc(NC(=O)COC(=O)c2ccccc2C(=O)O[C@@H]2C[C@@H](C)CC[C@@H]2C(C)C)c1. The highest BCUT2D eigenvalue weighted by Gasteiger charge is 2.34. The third kappa shape index (κ3) is 7.01. The zero-order chi connectivity index (χ0) is 25.5. The number of benzene rings is 2. The van der Waals surface area contributed by atoms with Crippen LogP contribution in [0.4, 0.5) is 5.69 Å². The first-order valence-corrected chi connectivity index (χ1v) is 12.0. The summed E-state index contributed by atoms with van der Waals surface area (Å²) in [5, 5.41) is 2.60. The van der Waals surface area contributed by atoms with Gasteiger partial charge in [0.2, 0.25) is 0 Å². The molecular formula is C28H33NO6. The van der Waals surface area contributed by atoms with Crippen LogP contribution < -0.4 is 5.32 Å². The number of nitrogens with one attached hydrogen (secondary N) is 1. The van der Waals surface area contributed by atoms with Gasteiger partial charge in [0, 0.05) is 11.3 Å². The van der Waals surface area contributed by atoms with Gasteiger partial charge in [-0.05, 0) is 61.8 Å². The van der Waals surface area contributed by atoms with Gasteiger partial charge in [-0.25, -0.2) is 9.59 Å². The van der Waals surface area contributed by atoms with Gasteiger partial charge in [-0.3, -0.25) is 9.59 Å². The lowest BCUT2D eigenvalue weighted by Crippen LogP contribution is -2.36. The molecule has 3 atom stereocenters. The van der Waals surface area contributed by atoms with E-state index in [9.17, 15) is 19.2 Å². The molecule has 186 valence electrons. The minimum absolute atomic E-state index is 0.0498. The van der Waals surface area contributed by atoms with Crippen LogP contribution in [0.1, 0.15) is 78.0 Å². The summed E-state index contributed by atoms with van der Waals surface area (Å²) in [4.78, 5) is 49.6. The first kappa shape index (κ1) is 26.1. The summed E-state index contributed by atoms with van der Waals surface area (Å²) in [7, 11) is 0. The van der Waals surface area contributed by atoms with E-state index in [1.54, 1.807) is 36.4 Å². The standard InChI is InChI=1S/C28H33NO6/c1-17(2)22-13-12-18(3)14-25(22)35-28(33)24-11-6-5-10-23(24)27(32)34-16-26(31)29-21-9-7-8-20(15-21)19(4)30/h5-11,15,17-18,22,25H,12-14,16H2,1-4H3,(H,29,31)/t18-,22+,25+/m0/s1. The van der Waals surface area contributed by atoms with E-state index in [1.165, 1.54) is 19.1 Å². The molecule has 1 amide bonds. The number of hydrogen-bond donors (Lipinski definition) is 1. The number of Topliss-reactive ketones (excluding diaryl/α,β-unsaturated/α-hetero) is 1. The van der Waals surface area contributed by atoms with Gasteiger partial charge >= 0.3 is 11.9 Å². The minimum atomic E-state index is -0.789. The monoisotopic (exact) mass is 479 g/mol. The number of carbonyl (C=O) groups is 4. The van der Waals surface area contributed by atoms with Crippen molar-refractivity contribution in [3.05, 3.63) is 65.2 Å². The molecule has 0 spiro atoms. The summed E-state index contributed by atoms with van der Waals surface area (Å²) in [6, 6.07) is 12.8. The number of rotatable bonds is 8. The number of anilines is 1. The van der Waals surface area contributed by atoms with Crippen molar-refractivity contribution in [3.63, 3.8) is 0 Å². The van der Waals surface area contributed by atoms with Crippen LogP contribution in [0.5, 0.6) is 0 Å². The van der Waals surface area contributed by atoms with Crippen molar-refractivity contribution in [1.82, 2.24) is 0 Å². The lowest BCUT2D eigenvalue weighted by atomic mass is 9.75. The fraction of sp³-hybridized carbons (Fsp3) is 0.429. The molecule has 7 heteroatoms. The normalized spacial score (nSPS) is 19.6. The number of ketones is 1. The van der Waals surface area contributed by atoms with Crippen LogP contribution in [0, 0.1) is 17.8 Å². The Morgan fingerprint density at radius 1 is 0.971 bits per heavy atom. The lowest BCUT2D eigenvalue weighted by molar-refractivity contribution is -0.119. The minimum Gasteiger partial charge on any atom is -0.458 e. The molecule has 0 unspecified atom stereocenters. The van der Waals surface area contributed by atoms with E-state index in [4.69, 9.17) is 9.47 Å². The van der Waals surface area contributed by atoms with E-state index in [0.717, 1.165) is 19.3 Å². The van der Waals surface area contributed by atoms with Crippen LogP contribution in [0.15, 0.2) is 48.5 Å². The predicted octanol–water partition coefficient (Wildman–Crippen LogP) is 5.30. The Bertz CT molecular complexity index is 1090. The fourth-order valence-corrected chi connectivity index (χ4v) is 4.51. The molecule has 1 aliphatic carbocycles. The van der Waals surface area contributed by atoms with E-state index in [-0.39, 0.29) is 28.9 Å². The molecule has 0 bridgehead atoms. The van der Waals surface area contributed by atoms with Crippen LogP contribution in [-0.2, 0) is 14.3 Å². The molecule has 0 heterocycles.